The average molecular weight is 327 g/mol. The predicted molar refractivity (Wildman–Crippen MR) is 76.8 cm³/mol. The Kier molecular flexibility index (Phi) is 5.15. The van der Waals surface area contributed by atoms with E-state index >= 15 is 0 Å². The van der Waals surface area contributed by atoms with Gasteiger partial charge in [0.2, 0.25) is 0 Å². The number of aryl methyl sites for hydroxylation is 1. The van der Waals surface area contributed by atoms with Gasteiger partial charge in [0.15, 0.2) is 4.67 Å². The first-order chi connectivity index (χ1) is 9.26. The zero-order valence-electron chi connectivity index (χ0n) is 11.3. The number of aromatic nitrogens is 3. The Morgan fingerprint density at radius 3 is 2.95 bits per heavy atom. The highest BCUT2D eigenvalue weighted by molar-refractivity contribution is 9.10. The maximum absolute atomic E-state index is 5.34. The van der Waals surface area contributed by atoms with Crippen LogP contribution in [-0.4, -0.2) is 21.3 Å². The van der Waals surface area contributed by atoms with Crippen LogP contribution in [0.25, 0.3) is 0 Å². The van der Waals surface area contributed by atoms with Gasteiger partial charge in [-0.15, -0.1) is 0 Å². The van der Waals surface area contributed by atoms with Crippen molar-refractivity contribution in [1.82, 2.24) is 20.1 Å². The van der Waals surface area contributed by atoms with E-state index in [1.54, 1.807) is 12.6 Å². The largest absolute Gasteiger partial charge is 0.457 e. The van der Waals surface area contributed by atoms with Crippen molar-refractivity contribution in [3.05, 3.63) is 34.7 Å². The molecule has 0 aliphatic rings. The van der Waals surface area contributed by atoms with Crippen molar-refractivity contribution in [3.8, 4) is 0 Å². The molecule has 0 bridgehead atoms. The predicted octanol–water partition coefficient (Wildman–Crippen LogP) is 2.94. The van der Waals surface area contributed by atoms with Gasteiger partial charge in [-0.2, -0.15) is 5.10 Å². The summed E-state index contributed by atoms with van der Waals surface area (Å²) >= 11 is 3.45. The zero-order valence-corrected chi connectivity index (χ0v) is 12.9. The van der Waals surface area contributed by atoms with Crippen LogP contribution in [0, 0.1) is 0 Å². The maximum Gasteiger partial charge on any atom is 0.173 e. The molecule has 0 radical (unpaired) electrons. The molecule has 104 valence electrons. The van der Waals surface area contributed by atoms with Crippen molar-refractivity contribution in [3.63, 3.8) is 0 Å². The number of rotatable bonds is 7. The second-order valence-electron chi connectivity index (χ2n) is 4.35. The molecular formula is C13H19BrN4O. The first-order valence-electron chi connectivity index (χ1n) is 6.59. The van der Waals surface area contributed by atoms with Crippen molar-refractivity contribution in [2.24, 2.45) is 0 Å². The monoisotopic (exact) mass is 326 g/mol. The van der Waals surface area contributed by atoms with Crippen molar-refractivity contribution in [1.29, 1.82) is 0 Å². The molecule has 1 unspecified atom stereocenters. The van der Waals surface area contributed by atoms with E-state index in [-0.39, 0.29) is 6.04 Å². The molecule has 19 heavy (non-hydrogen) atoms. The molecule has 1 N–H and O–H groups in total. The normalized spacial score (nSPS) is 12.8. The van der Waals surface area contributed by atoms with Gasteiger partial charge in [0.25, 0.3) is 0 Å². The van der Waals surface area contributed by atoms with Gasteiger partial charge < -0.3 is 9.73 Å². The fourth-order valence-electron chi connectivity index (χ4n) is 2.06. The molecule has 0 aliphatic carbocycles. The fourth-order valence-corrected chi connectivity index (χ4v) is 2.57. The molecule has 0 aromatic carbocycles. The molecule has 2 rings (SSSR count). The molecule has 0 saturated heterocycles. The number of furan rings is 1. The zero-order chi connectivity index (χ0) is 13.7. The SMILES string of the molecule is CCCNC(Cc1ncnn1CC)c1ccoc1Br. The van der Waals surface area contributed by atoms with Crippen molar-refractivity contribution in [2.75, 3.05) is 6.54 Å². The Labute approximate surface area is 121 Å². The van der Waals surface area contributed by atoms with Gasteiger partial charge in [-0.1, -0.05) is 6.92 Å². The number of halogens is 1. The van der Waals surface area contributed by atoms with Gasteiger partial charge in [0, 0.05) is 24.6 Å². The first-order valence-corrected chi connectivity index (χ1v) is 7.38. The third kappa shape index (κ3) is 3.45. The highest BCUT2D eigenvalue weighted by Gasteiger charge is 2.19. The Hall–Kier alpha value is -1.14. The lowest BCUT2D eigenvalue weighted by molar-refractivity contribution is 0.479. The van der Waals surface area contributed by atoms with Crippen LogP contribution in [0.2, 0.25) is 0 Å². The van der Waals surface area contributed by atoms with Crippen LogP contribution in [0.4, 0.5) is 0 Å². The lowest BCUT2D eigenvalue weighted by Gasteiger charge is -2.17. The molecule has 6 heteroatoms. The van der Waals surface area contributed by atoms with Crippen molar-refractivity contribution in [2.45, 2.75) is 39.3 Å². The standard InChI is InChI=1S/C13H19BrN4O/c1-3-6-15-11(10-5-7-19-13(10)14)8-12-16-9-17-18(12)4-2/h5,7,9,11,15H,3-4,6,8H2,1-2H3. The van der Waals surface area contributed by atoms with Gasteiger partial charge in [-0.3, -0.25) is 4.68 Å². The molecule has 0 aliphatic heterocycles. The number of nitrogens with one attached hydrogen (secondary N) is 1. The average Bonchev–Trinajstić information content (AvgIpc) is 3.03. The van der Waals surface area contributed by atoms with Crippen LogP contribution in [0.3, 0.4) is 0 Å². The Bertz CT molecular complexity index is 508. The third-order valence-electron chi connectivity index (χ3n) is 3.04. The molecule has 2 heterocycles. The van der Waals surface area contributed by atoms with Crippen LogP contribution < -0.4 is 5.32 Å². The Morgan fingerprint density at radius 2 is 2.32 bits per heavy atom. The summed E-state index contributed by atoms with van der Waals surface area (Å²) in [6.07, 6.45) is 5.20. The topological polar surface area (TPSA) is 55.9 Å². The number of nitrogens with zero attached hydrogens (tertiary/aromatic N) is 3. The van der Waals surface area contributed by atoms with E-state index in [9.17, 15) is 0 Å². The van der Waals surface area contributed by atoms with E-state index < -0.39 is 0 Å². The van der Waals surface area contributed by atoms with E-state index in [0.29, 0.717) is 0 Å². The van der Waals surface area contributed by atoms with Gasteiger partial charge >= 0.3 is 0 Å². The number of hydrogen-bond donors (Lipinski definition) is 1. The quantitative estimate of drug-likeness (QED) is 0.849. The van der Waals surface area contributed by atoms with Gasteiger partial charge in [0.1, 0.15) is 12.2 Å². The van der Waals surface area contributed by atoms with Crippen LogP contribution in [0.15, 0.2) is 27.7 Å². The molecule has 0 fully saturated rings. The van der Waals surface area contributed by atoms with E-state index in [0.717, 1.165) is 42.0 Å². The van der Waals surface area contributed by atoms with E-state index in [4.69, 9.17) is 4.42 Å². The van der Waals surface area contributed by atoms with E-state index in [1.807, 2.05) is 10.7 Å². The van der Waals surface area contributed by atoms with E-state index in [2.05, 4.69) is 45.2 Å². The van der Waals surface area contributed by atoms with Crippen LogP contribution in [0.1, 0.15) is 37.7 Å². The fraction of sp³-hybridized carbons (Fsp3) is 0.538. The molecule has 2 aromatic heterocycles. The van der Waals surface area contributed by atoms with Gasteiger partial charge in [0.05, 0.1) is 6.26 Å². The van der Waals surface area contributed by atoms with Gasteiger partial charge in [-0.05, 0) is 41.9 Å². The minimum atomic E-state index is 0.183. The summed E-state index contributed by atoms with van der Waals surface area (Å²) in [4.78, 5) is 4.34. The molecule has 0 saturated carbocycles. The Morgan fingerprint density at radius 1 is 1.47 bits per heavy atom. The molecule has 0 amide bonds. The van der Waals surface area contributed by atoms with Gasteiger partial charge in [-0.25, -0.2) is 4.98 Å². The first kappa shape index (κ1) is 14.3. The third-order valence-corrected chi connectivity index (χ3v) is 3.69. The molecule has 5 nitrogen and oxygen atoms in total. The van der Waals surface area contributed by atoms with Crippen molar-refractivity contribution >= 4 is 15.9 Å². The smallest absolute Gasteiger partial charge is 0.173 e. The summed E-state index contributed by atoms with van der Waals surface area (Å²) < 4.78 is 8.04. The molecule has 1 atom stereocenters. The summed E-state index contributed by atoms with van der Waals surface area (Å²) in [5.41, 5.74) is 1.12. The maximum atomic E-state index is 5.34. The summed E-state index contributed by atoms with van der Waals surface area (Å²) in [6, 6.07) is 2.17. The second kappa shape index (κ2) is 6.86. The summed E-state index contributed by atoms with van der Waals surface area (Å²) in [7, 11) is 0. The van der Waals surface area contributed by atoms with Crippen molar-refractivity contribution < 1.29 is 4.42 Å². The molecule has 2 aromatic rings. The summed E-state index contributed by atoms with van der Waals surface area (Å²) in [5, 5.41) is 7.75. The van der Waals surface area contributed by atoms with E-state index in [1.165, 1.54) is 0 Å². The second-order valence-corrected chi connectivity index (χ2v) is 5.07. The summed E-state index contributed by atoms with van der Waals surface area (Å²) in [5.74, 6) is 0.990. The minimum absolute atomic E-state index is 0.183. The minimum Gasteiger partial charge on any atom is -0.457 e. The Balaban J connectivity index is 2.17. The number of hydrogen-bond acceptors (Lipinski definition) is 4. The lowest BCUT2D eigenvalue weighted by Crippen LogP contribution is -2.25. The van der Waals surface area contributed by atoms with Crippen LogP contribution in [-0.2, 0) is 13.0 Å². The highest BCUT2D eigenvalue weighted by Crippen LogP contribution is 2.26. The molecular weight excluding hydrogens is 308 g/mol. The van der Waals surface area contributed by atoms with Crippen LogP contribution >= 0.6 is 15.9 Å². The summed E-state index contributed by atoms with van der Waals surface area (Å²) in [6.45, 7) is 6.02. The highest BCUT2D eigenvalue weighted by atomic mass is 79.9. The lowest BCUT2D eigenvalue weighted by atomic mass is 10.1. The molecule has 0 spiro atoms. The van der Waals surface area contributed by atoms with Crippen LogP contribution in [0.5, 0.6) is 0 Å².